The van der Waals surface area contributed by atoms with Gasteiger partial charge in [0.15, 0.2) is 11.5 Å². The molecule has 2 heterocycles. The van der Waals surface area contributed by atoms with Crippen LogP contribution in [0.15, 0.2) is 34.9 Å². The quantitative estimate of drug-likeness (QED) is 0.798. The van der Waals surface area contributed by atoms with E-state index in [1.54, 1.807) is 18.4 Å². The van der Waals surface area contributed by atoms with Gasteiger partial charge in [-0.1, -0.05) is 25.4 Å². The molecule has 1 aliphatic rings. The van der Waals surface area contributed by atoms with Crippen LogP contribution in [0.1, 0.15) is 36.0 Å². The van der Waals surface area contributed by atoms with Crippen molar-refractivity contribution in [3.63, 3.8) is 0 Å². The van der Waals surface area contributed by atoms with E-state index in [0.717, 1.165) is 18.8 Å². The van der Waals surface area contributed by atoms with E-state index in [-0.39, 0.29) is 11.9 Å². The number of ether oxygens (including phenoxy) is 2. The Morgan fingerprint density at radius 2 is 2.04 bits per heavy atom. The van der Waals surface area contributed by atoms with Crippen LogP contribution in [0.4, 0.5) is 0 Å². The standard InChI is InChI=1S/C19H23ClN2O4/c1-3-22(4-2)15(16-6-5-7-24-16)12-21-19(23)13-10-14(20)18-17(11-13)25-8-9-26-18/h5-7,10-11,15H,3-4,8-9,12H2,1-2H3,(H,21,23). The fraction of sp³-hybridized carbons (Fsp3) is 0.421. The maximum atomic E-state index is 12.6. The minimum atomic E-state index is -0.215. The van der Waals surface area contributed by atoms with Gasteiger partial charge in [0.25, 0.3) is 5.91 Å². The zero-order valence-electron chi connectivity index (χ0n) is 15.0. The summed E-state index contributed by atoms with van der Waals surface area (Å²) >= 11 is 6.22. The molecule has 1 atom stereocenters. The molecule has 3 rings (SSSR count). The number of carbonyl (C=O) groups excluding carboxylic acids is 1. The lowest BCUT2D eigenvalue weighted by atomic mass is 10.1. The molecule has 0 saturated heterocycles. The fourth-order valence-electron chi connectivity index (χ4n) is 3.09. The lowest BCUT2D eigenvalue weighted by Crippen LogP contribution is -2.38. The highest BCUT2D eigenvalue weighted by molar-refractivity contribution is 6.32. The van der Waals surface area contributed by atoms with Gasteiger partial charge in [0.2, 0.25) is 0 Å². The molecule has 1 aromatic carbocycles. The number of hydrogen-bond donors (Lipinski definition) is 1. The summed E-state index contributed by atoms with van der Waals surface area (Å²) in [5.41, 5.74) is 0.442. The summed E-state index contributed by atoms with van der Waals surface area (Å²) in [4.78, 5) is 14.9. The third kappa shape index (κ3) is 3.97. The van der Waals surface area contributed by atoms with Gasteiger partial charge >= 0.3 is 0 Å². The van der Waals surface area contributed by atoms with E-state index in [9.17, 15) is 4.79 Å². The lowest BCUT2D eigenvalue weighted by molar-refractivity contribution is 0.0928. The minimum Gasteiger partial charge on any atom is -0.486 e. The van der Waals surface area contributed by atoms with E-state index in [0.29, 0.717) is 41.8 Å². The van der Waals surface area contributed by atoms with E-state index in [4.69, 9.17) is 25.5 Å². The van der Waals surface area contributed by atoms with E-state index in [1.165, 1.54) is 0 Å². The first kappa shape index (κ1) is 18.6. The molecular weight excluding hydrogens is 356 g/mol. The van der Waals surface area contributed by atoms with Crippen LogP contribution in [-0.4, -0.2) is 43.7 Å². The largest absolute Gasteiger partial charge is 0.486 e. The maximum Gasteiger partial charge on any atom is 0.251 e. The van der Waals surface area contributed by atoms with Crippen LogP contribution >= 0.6 is 11.6 Å². The molecule has 1 aromatic heterocycles. The van der Waals surface area contributed by atoms with Crippen LogP contribution in [0, 0.1) is 0 Å². The van der Waals surface area contributed by atoms with Crippen molar-refractivity contribution in [3.8, 4) is 11.5 Å². The molecule has 0 fully saturated rings. The van der Waals surface area contributed by atoms with Crippen LogP contribution in [0.25, 0.3) is 0 Å². The second-order valence-corrected chi connectivity index (χ2v) is 6.35. The first-order valence-electron chi connectivity index (χ1n) is 8.78. The highest BCUT2D eigenvalue weighted by atomic mass is 35.5. The summed E-state index contributed by atoms with van der Waals surface area (Å²) < 4.78 is 16.6. The van der Waals surface area contributed by atoms with Crippen molar-refractivity contribution in [1.29, 1.82) is 0 Å². The van der Waals surface area contributed by atoms with Crippen LogP contribution < -0.4 is 14.8 Å². The van der Waals surface area contributed by atoms with Crippen molar-refractivity contribution in [2.24, 2.45) is 0 Å². The molecule has 1 aliphatic heterocycles. The number of likely N-dealkylation sites (N-methyl/N-ethyl adjacent to an activating group) is 1. The van der Waals surface area contributed by atoms with Crippen LogP contribution in [0.3, 0.4) is 0 Å². The average Bonchev–Trinajstić information content (AvgIpc) is 3.19. The molecule has 1 unspecified atom stereocenters. The zero-order valence-corrected chi connectivity index (χ0v) is 15.7. The van der Waals surface area contributed by atoms with E-state index in [1.807, 2.05) is 12.1 Å². The Morgan fingerprint density at radius 1 is 1.27 bits per heavy atom. The summed E-state index contributed by atoms with van der Waals surface area (Å²) in [6.07, 6.45) is 1.65. The number of carbonyl (C=O) groups is 1. The smallest absolute Gasteiger partial charge is 0.251 e. The Hall–Kier alpha value is -2.18. The van der Waals surface area contributed by atoms with Gasteiger partial charge in [0.05, 0.1) is 17.3 Å². The summed E-state index contributed by atoms with van der Waals surface area (Å²) in [7, 11) is 0. The van der Waals surface area contributed by atoms with Crippen molar-refractivity contribution in [2.45, 2.75) is 19.9 Å². The van der Waals surface area contributed by atoms with Gasteiger partial charge in [-0.3, -0.25) is 9.69 Å². The van der Waals surface area contributed by atoms with Gasteiger partial charge in [-0.05, 0) is 37.4 Å². The van der Waals surface area contributed by atoms with Crippen LogP contribution in [0.5, 0.6) is 11.5 Å². The van der Waals surface area contributed by atoms with Gasteiger partial charge < -0.3 is 19.2 Å². The van der Waals surface area contributed by atoms with E-state index >= 15 is 0 Å². The number of furan rings is 1. The molecule has 0 saturated carbocycles. The molecule has 1 amide bonds. The van der Waals surface area contributed by atoms with Crippen LogP contribution in [-0.2, 0) is 0 Å². The number of benzene rings is 1. The molecule has 7 heteroatoms. The predicted molar refractivity (Wildman–Crippen MR) is 99.1 cm³/mol. The summed E-state index contributed by atoms with van der Waals surface area (Å²) in [5.74, 6) is 1.60. The average molecular weight is 379 g/mol. The Labute approximate surface area is 158 Å². The van der Waals surface area contributed by atoms with E-state index < -0.39 is 0 Å². The van der Waals surface area contributed by atoms with Gasteiger partial charge in [0, 0.05) is 12.1 Å². The first-order valence-corrected chi connectivity index (χ1v) is 9.16. The third-order valence-corrected chi connectivity index (χ3v) is 4.72. The molecule has 0 aliphatic carbocycles. The minimum absolute atomic E-state index is 0.0309. The van der Waals surface area contributed by atoms with Gasteiger partial charge in [-0.25, -0.2) is 0 Å². The normalized spacial score (nSPS) is 14.3. The monoisotopic (exact) mass is 378 g/mol. The third-order valence-electron chi connectivity index (χ3n) is 4.44. The number of hydrogen-bond acceptors (Lipinski definition) is 5. The number of fused-ring (bicyclic) bond motifs is 1. The number of halogens is 1. The Bertz CT molecular complexity index is 744. The molecule has 2 aromatic rings. The van der Waals surface area contributed by atoms with Gasteiger partial charge in [-0.2, -0.15) is 0 Å². The number of nitrogens with zero attached hydrogens (tertiary/aromatic N) is 1. The number of amides is 1. The maximum absolute atomic E-state index is 12.6. The SMILES string of the molecule is CCN(CC)C(CNC(=O)c1cc(Cl)c2c(c1)OCCO2)c1ccco1. The van der Waals surface area contributed by atoms with Crippen molar-refractivity contribution < 1.29 is 18.7 Å². The van der Waals surface area contributed by atoms with Crippen molar-refractivity contribution in [2.75, 3.05) is 32.8 Å². The number of nitrogens with one attached hydrogen (secondary N) is 1. The molecule has 6 nitrogen and oxygen atoms in total. The molecular formula is C19H23ClN2O4. The van der Waals surface area contributed by atoms with Crippen molar-refractivity contribution >= 4 is 17.5 Å². The van der Waals surface area contributed by atoms with Gasteiger partial charge in [-0.15, -0.1) is 0 Å². The fourth-order valence-corrected chi connectivity index (χ4v) is 3.35. The summed E-state index contributed by atoms with van der Waals surface area (Å²) in [6.45, 7) is 7.20. The Morgan fingerprint density at radius 3 is 2.73 bits per heavy atom. The second-order valence-electron chi connectivity index (χ2n) is 5.94. The van der Waals surface area contributed by atoms with Crippen molar-refractivity contribution in [3.05, 3.63) is 46.9 Å². The number of rotatable bonds is 7. The molecule has 26 heavy (non-hydrogen) atoms. The highest BCUT2D eigenvalue weighted by Crippen LogP contribution is 2.38. The summed E-state index contributed by atoms with van der Waals surface area (Å²) in [6, 6.07) is 7.01. The topological polar surface area (TPSA) is 63.9 Å². The first-order chi connectivity index (χ1) is 12.6. The van der Waals surface area contributed by atoms with Gasteiger partial charge in [0.1, 0.15) is 19.0 Å². The van der Waals surface area contributed by atoms with E-state index in [2.05, 4.69) is 24.1 Å². The molecule has 0 bridgehead atoms. The van der Waals surface area contributed by atoms with Crippen molar-refractivity contribution in [1.82, 2.24) is 10.2 Å². The Balaban J connectivity index is 1.73. The molecule has 0 radical (unpaired) electrons. The molecule has 0 spiro atoms. The summed E-state index contributed by atoms with van der Waals surface area (Å²) in [5, 5.41) is 3.35. The molecule has 1 N–H and O–H groups in total. The molecule has 140 valence electrons. The Kier molecular flexibility index (Phi) is 6.06. The lowest BCUT2D eigenvalue weighted by Gasteiger charge is -2.28. The highest BCUT2D eigenvalue weighted by Gasteiger charge is 2.23. The second kappa shape index (κ2) is 8.47. The predicted octanol–water partition coefficient (Wildman–Crippen LogP) is 3.52. The zero-order chi connectivity index (χ0) is 18.5. The van der Waals surface area contributed by atoms with Crippen LogP contribution in [0.2, 0.25) is 5.02 Å².